The Balaban J connectivity index is 0.00000676. The number of benzene rings is 2. The normalized spacial score (nSPS) is 13.6. The van der Waals surface area contributed by atoms with Gasteiger partial charge in [0.25, 0.3) is 11.6 Å². The zero-order valence-corrected chi connectivity index (χ0v) is 30.5. The number of carbonyl (C=O) groups excluding carboxylic acids is 5. The van der Waals surface area contributed by atoms with Gasteiger partial charge in [0.2, 0.25) is 17.7 Å². The van der Waals surface area contributed by atoms with Crippen molar-refractivity contribution in [2.75, 3.05) is 25.5 Å². The Morgan fingerprint density at radius 2 is 1.58 bits per heavy atom. The Hall–Kier alpha value is -5.04. The number of nitro groups is 1. The summed E-state index contributed by atoms with van der Waals surface area (Å²) >= 11 is 0. The summed E-state index contributed by atoms with van der Waals surface area (Å²) in [7, 11) is 1.26. The molecule has 0 bridgehead atoms. The predicted octanol–water partition coefficient (Wildman–Crippen LogP) is -7.81. The lowest BCUT2D eigenvalue weighted by atomic mass is 10.00. The Labute approximate surface area is 310 Å². The van der Waals surface area contributed by atoms with Gasteiger partial charge in [0.1, 0.15) is 17.6 Å². The van der Waals surface area contributed by atoms with Crippen LogP contribution in [0, 0.1) is 16.0 Å². The Morgan fingerprint density at radius 1 is 0.923 bits per heavy atom. The van der Waals surface area contributed by atoms with Gasteiger partial charge in [-0.15, -0.1) is 0 Å². The van der Waals surface area contributed by atoms with Crippen molar-refractivity contribution in [2.24, 2.45) is 11.7 Å². The van der Waals surface area contributed by atoms with Crippen LogP contribution in [-0.2, 0) is 28.7 Å². The average Bonchev–Trinajstić information content (AvgIpc) is 3.08. The number of aromatic amines is 1. The Morgan fingerprint density at radius 3 is 2.21 bits per heavy atom. The lowest BCUT2D eigenvalue weighted by Crippen LogP contribution is -3.00. The number of hydrogen-bond acceptors (Lipinski definition) is 10. The van der Waals surface area contributed by atoms with Crippen LogP contribution in [0.1, 0.15) is 39.5 Å². The van der Waals surface area contributed by atoms with Gasteiger partial charge in [-0.2, -0.15) is 0 Å². The van der Waals surface area contributed by atoms with Crippen LogP contribution in [0.3, 0.4) is 0 Å². The molecule has 286 valence electrons. The number of amides is 4. The summed E-state index contributed by atoms with van der Waals surface area (Å²) in [6.07, 6.45) is 1.52. The number of nitrogens with one attached hydrogen (secondary N) is 5. The Kier molecular flexibility index (Phi) is 17.9. The number of aromatic nitrogens is 1. The van der Waals surface area contributed by atoms with E-state index in [9.17, 15) is 38.9 Å². The number of carbonyl (C=O) groups is 5. The number of hydrogen-bond donors (Lipinski definition) is 8. The summed E-state index contributed by atoms with van der Waals surface area (Å²) in [5, 5.41) is 22.9. The lowest BCUT2D eigenvalue weighted by molar-refractivity contribution is -0.414. The number of pyridine rings is 1. The summed E-state index contributed by atoms with van der Waals surface area (Å²) in [4.78, 5) is 89.6. The second kappa shape index (κ2) is 20.7. The van der Waals surface area contributed by atoms with Crippen molar-refractivity contribution < 1.29 is 69.9 Å². The quantitative estimate of drug-likeness (QED) is 0.0199. The van der Waals surface area contributed by atoms with E-state index in [0.717, 1.165) is 0 Å². The maximum absolute atomic E-state index is 13.3. The molecule has 0 spiro atoms. The van der Waals surface area contributed by atoms with Crippen LogP contribution in [-0.4, -0.2) is 83.9 Å². The Bertz CT molecular complexity index is 1830. The molecule has 3 aromatic rings. The molecule has 0 radical (unpaired) electrons. The molecule has 0 saturated carbocycles. The van der Waals surface area contributed by atoms with Crippen molar-refractivity contribution in [3.05, 3.63) is 56.7 Å². The molecule has 2 aromatic carbocycles. The molecule has 0 aliphatic carbocycles. The summed E-state index contributed by atoms with van der Waals surface area (Å²) in [5.74, 6) is -4.32. The molecule has 1 heterocycles. The monoisotopic (exact) mass is 769 g/mol. The van der Waals surface area contributed by atoms with E-state index in [1.54, 1.807) is 24.3 Å². The van der Waals surface area contributed by atoms with Gasteiger partial charge in [0, 0.05) is 48.6 Å². The molecule has 20 heteroatoms. The first-order valence-electron chi connectivity index (χ1n) is 16.1. The first-order chi connectivity index (χ1) is 23.7. The van der Waals surface area contributed by atoms with E-state index < -0.39 is 64.6 Å². The second-order valence-electron chi connectivity index (χ2n) is 12.0. The third-order valence-corrected chi connectivity index (χ3v) is 8.30. The highest BCUT2D eigenvalue weighted by Crippen LogP contribution is 2.29. The molecule has 1 aromatic heterocycles. The van der Waals surface area contributed by atoms with E-state index in [-0.39, 0.29) is 59.9 Å². The first-order valence-corrected chi connectivity index (χ1v) is 16.1. The number of fused-ring (bicyclic) bond motifs is 2. The van der Waals surface area contributed by atoms with Gasteiger partial charge in [-0.25, -0.2) is 4.79 Å². The minimum Gasteiger partial charge on any atom is -1.00 e. The number of methoxy groups -OCH3 is 1. The van der Waals surface area contributed by atoms with Crippen LogP contribution in [0.25, 0.3) is 21.8 Å². The fourth-order valence-corrected chi connectivity index (χ4v) is 5.23. The number of primary amides is 1. The van der Waals surface area contributed by atoms with Crippen LogP contribution < -0.4 is 68.7 Å². The maximum atomic E-state index is 13.3. The number of halogens is 2. The minimum absolute atomic E-state index is 0. The van der Waals surface area contributed by atoms with Gasteiger partial charge in [0.05, 0.1) is 23.3 Å². The number of anilines is 1. The molecule has 5 atom stereocenters. The molecule has 18 nitrogen and oxygen atoms in total. The zero-order chi connectivity index (χ0) is 37.1. The maximum Gasteiger partial charge on any atom is 0.364 e. The summed E-state index contributed by atoms with van der Waals surface area (Å²) in [6, 6.07) is 5.69. The van der Waals surface area contributed by atoms with E-state index in [0.29, 0.717) is 42.3 Å². The molecule has 0 fully saturated rings. The van der Waals surface area contributed by atoms with E-state index >= 15 is 0 Å². The number of rotatable bonds is 18. The fraction of sp³-hybridized carbons (Fsp3) is 0.438. The summed E-state index contributed by atoms with van der Waals surface area (Å²) in [5.41, 5.74) is 13.2. The highest BCUT2D eigenvalue weighted by molar-refractivity contribution is 6.03. The van der Waals surface area contributed by atoms with Crippen molar-refractivity contribution in [2.45, 2.75) is 63.7 Å². The minimum atomic E-state index is -1.35. The highest BCUT2D eigenvalue weighted by Gasteiger charge is 2.32. The van der Waals surface area contributed by atoms with Crippen LogP contribution in [0.5, 0.6) is 0 Å². The molecule has 0 aliphatic rings. The molecule has 0 saturated heterocycles. The van der Waals surface area contributed by atoms with Gasteiger partial charge in [-0.1, -0.05) is 19.1 Å². The number of para-hydroxylation sites is 1. The number of non-ortho nitro benzene ring substituents is 1. The standard InChI is InChI=1S/C32H43N9O9.2ClH/c1-16(28(35)43)25(40-29(44)17(2)38-30(45)19(33)9-6-10-20(34)32(47)50-3)31(46)37-15-7-14-36-22-12-13-23(41(48)49)26-24(22)27(42)18-8-4-5-11-21(18)39-26;;/h4-5,8,11-13,16-17,19-20,25,36H,6-7,9-10,14-15,33-34H2,1-3H3,(H2,35,43)(H,37,46)(H,38,45)(H,39,42)(H,40,44);2*1H/t16?,17-,19-,20+,25+;;/m0../s1. The molecule has 3 rings (SSSR count). The largest absolute Gasteiger partial charge is 1.00 e. The van der Waals surface area contributed by atoms with E-state index in [1.165, 1.54) is 33.1 Å². The van der Waals surface area contributed by atoms with E-state index in [2.05, 4.69) is 42.5 Å². The van der Waals surface area contributed by atoms with Crippen molar-refractivity contribution in [1.82, 2.24) is 20.9 Å². The molecule has 13 N–H and O–H groups in total. The number of nitro benzene ring substituents is 1. The van der Waals surface area contributed by atoms with Crippen molar-refractivity contribution >= 4 is 62.8 Å². The number of nitrogens with zero attached hydrogens (tertiary/aromatic N) is 1. The molecule has 0 aliphatic heterocycles. The SMILES string of the molecule is COC(=O)[C@H]([NH3+])CCC[C@H]([NH3+])C(=O)N[C@@H](C)C(=O)N[C@@H](C(=O)NCCCNc1ccc([N+](=O)[O-])c2[nH]c3ccccc3c(=O)c12)C(C)C(N)=O.[Cl-].[Cl-]. The van der Waals surface area contributed by atoms with Gasteiger partial charge >= 0.3 is 5.97 Å². The second-order valence-corrected chi connectivity index (χ2v) is 12.0. The average molecular weight is 771 g/mol. The summed E-state index contributed by atoms with van der Waals surface area (Å²) < 4.78 is 4.63. The number of esters is 1. The predicted molar refractivity (Wildman–Crippen MR) is 182 cm³/mol. The third kappa shape index (κ3) is 11.5. The number of nitrogens with two attached hydrogens (primary N) is 1. The first kappa shape index (κ1) is 45.0. The molecular weight excluding hydrogens is 725 g/mol. The van der Waals surface area contributed by atoms with Crippen LogP contribution >= 0.6 is 0 Å². The molecule has 52 heavy (non-hydrogen) atoms. The molecular formula is C32H45Cl2N9O9. The van der Waals surface area contributed by atoms with E-state index in [4.69, 9.17) is 5.73 Å². The van der Waals surface area contributed by atoms with Gasteiger partial charge in [-0.3, -0.25) is 34.1 Å². The zero-order valence-electron chi connectivity index (χ0n) is 29.0. The molecule has 1 unspecified atom stereocenters. The van der Waals surface area contributed by atoms with Crippen molar-refractivity contribution in [3.63, 3.8) is 0 Å². The topological polar surface area (TPSA) is 300 Å². The van der Waals surface area contributed by atoms with E-state index in [1.807, 2.05) is 0 Å². The lowest BCUT2D eigenvalue weighted by Gasteiger charge is -2.24. The molecule has 4 amide bonds. The smallest absolute Gasteiger partial charge is 0.364 e. The van der Waals surface area contributed by atoms with Crippen molar-refractivity contribution in [3.8, 4) is 0 Å². The van der Waals surface area contributed by atoms with Crippen LogP contribution in [0.2, 0.25) is 0 Å². The number of ether oxygens (including phenoxy) is 1. The number of quaternary nitrogens is 2. The summed E-state index contributed by atoms with van der Waals surface area (Å²) in [6.45, 7) is 3.13. The van der Waals surface area contributed by atoms with Gasteiger partial charge in [-0.05, 0) is 38.0 Å². The third-order valence-electron chi connectivity index (χ3n) is 8.30. The highest BCUT2D eigenvalue weighted by atomic mass is 35.5. The van der Waals surface area contributed by atoms with Crippen molar-refractivity contribution in [1.29, 1.82) is 0 Å². The number of H-pyrrole nitrogens is 1. The van der Waals surface area contributed by atoms with Gasteiger partial charge < -0.3 is 73.0 Å². The van der Waals surface area contributed by atoms with Gasteiger partial charge in [0.15, 0.2) is 17.5 Å². The van der Waals surface area contributed by atoms with Crippen LogP contribution in [0.15, 0.2) is 41.2 Å². The van der Waals surface area contributed by atoms with Crippen LogP contribution in [0.4, 0.5) is 11.4 Å². The fourth-order valence-electron chi connectivity index (χ4n) is 5.23.